The Morgan fingerprint density at radius 3 is 2.84 bits per heavy atom. The standard InChI is InChI=1S/C29H32ClF3N6O4/c1-17(41-15-21-16-42-28(2,3)43-21)35-24(13-34-4)36-27(40)39-20-9-6-10-38(14-20)23-12-22(30)25(37-26(23)39)18-7-5-8-19(11-18)29(31,32)33/h5,7-8,11-13,20-21H,4,6,9-10,14-16H2,1-3H3,(H,36,40)/b24-13+,35-17?/t20-,21-/m0/s1. The van der Waals surface area contributed by atoms with Crippen molar-refractivity contribution in [3.63, 3.8) is 0 Å². The lowest BCUT2D eigenvalue weighted by molar-refractivity contribution is -0.142. The van der Waals surface area contributed by atoms with E-state index in [1.807, 2.05) is 13.8 Å². The number of benzene rings is 1. The maximum Gasteiger partial charge on any atom is 0.416 e. The van der Waals surface area contributed by atoms with Crippen LogP contribution in [0.3, 0.4) is 0 Å². The van der Waals surface area contributed by atoms with Crippen LogP contribution in [0.2, 0.25) is 5.02 Å². The first-order valence-corrected chi connectivity index (χ1v) is 14.1. The molecule has 0 aliphatic carbocycles. The van der Waals surface area contributed by atoms with E-state index in [4.69, 9.17) is 25.8 Å². The van der Waals surface area contributed by atoms with Crippen LogP contribution in [0.25, 0.3) is 11.3 Å². The Labute approximate surface area is 252 Å². The Kier molecular flexibility index (Phi) is 8.68. The van der Waals surface area contributed by atoms with E-state index in [2.05, 4.69) is 31.9 Å². The van der Waals surface area contributed by atoms with Crippen LogP contribution in [0.15, 0.2) is 52.3 Å². The summed E-state index contributed by atoms with van der Waals surface area (Å²) in [5.74, 6) is -0.0747. The Hall–Kier alpha value is -3.68. The summed E-state index contributed by atoms with van der Waals surface area (Å²) in [6.45, 7) is 10.6. The van der Waals surface area contributed by atoms with Gasteiger partial charge in [0.05, 0.1) is 40.8 Å². The van der Waals surface area contributed by atoms with E-state index >= 15 is 0 Å². The van der Waals surface area contributed by atoms with Gasteiger partial charge in [0.25, 0.3) is 0 Å². The number of hydrogen-bond donors (Lipinski definition) is 1. The van der Waals surface area contributed by atoms with Gasteiger partial charge in [0.2, 0.25) is 0 Å². The zero-order chi connectivity index (χ0) is 30.9. The fourth-order valence-electron chi connectivity index (χ4n) is 5.35. The van der Waals surface area contributed by atoms with E-state index < -0.39 is 23.6 Å². The number of nitrogens with zero attached hydrogens (tertiary/aromatic N) is 5. The molecular formula is C29H32ClF3N6O4. The van der Waals surface area contributed by atoms with Gasteiger partial charge in [-0.3, -0.25) is 15.2 Å². The summed E-state index contributed by atoms with van der Waals surface area (Å²) < 4.78 is 57.3. The Morgan fingerprint density at radius 2 is 2.14 bits per heavy atom. The molecule has 1 N–H and O–H groups in total. The van der Waals surface area contributed by atoms with Crippen molar-refractivity contribution in [2.75, 3.05) is 36.1 Å². The molecule has 2 aromatic rings. The average Bonchev–Trinajstić information content (AvgIpc) is 3.30. The number of aliphatic imine (C=N–C) groups is 2. The molecule has 2 bridgehead atoms. The molecule has 0 saturated carbocycles. The SMILES string of the molecule is C=N/C=C(\N=C(C)OC[C@H]1COC(C)(C)O1)NC(=O)N1c2nc(-c3cccc(C(F)(F)F)c3)c(Cl)cc2N2CCC[C@H]1C2. The third-order valence-electron chi connectivity index (χ3n) is 7.22. The van der Waals surface area contributed by atoms with E-state index in [-0.39, 0.29) is 52.6 Å². The molecule has 0 unspecified atom stereocenters. The molecule has 1 aromatic carbocycles. The minimum atomic E-state index is -4.54. The number of ether oxygens (including phenoxy) is 3. The first-order chi connectivity index (χ1) is 20.3. The number of hydrogen-bond acceptors (Lipinski definition) is 8. The second-order valence-electron chi connectivity index (χ2n) is 10.9. The number of pyridine rings is 1. The number of urea groups is 1. The summed E-state index contributed by atoms with van der Waals surface area (Å²) in [6.07, 6.45) is -2.00. The van der Waals surface area contributed by atoms with Crippen LogP contribution in [-0.4, -0.2) is 67.9 Å². The van der Waals surface area contributed by atoms with Gasteiger partial charge in [-0.05, 0) is 51.6 Å². The molecule has 43 heavy (non-hydrogen) atoms. The lowest BCUT2D eigenvalue weighted by Gasteiger charge is -2.46. The molecule has 3 aliphatic rings. The topological polar surface area (TPSA) is 101 Å². The maximum absolute atomic E-state index is 13.8. The molecule has 2 atom stereocenters. The van der Waals surface area contributed by atoms with Gasteiger partial charge in [0.15, 0.2) is 23.3 Å². The van der Waals surface area contributed by atoms with Gasteiger partial charge in [-0.1, -0.05) is 23.7 Å². The highest BCUT2D eigenvalue weighted by Crippen LogP contribution is 2.43. The number of carbonyl (C=O) groups excluding carboxylic acids is 1. The van der Waals surface area contributed by atoms with Crippen LogP contribution in [0.1, 0.15) is 39.2 Å². The summed E-state index contributed by atoms with van der Waals surface area (Å²) >= 11 is 6.58. The minimum Gasteiger partial charge on any atom is -0.478 e. The van der Waals surface area contributed by atoms with Crippen molar-refractivity contribution in [1.29, 1.82) is 0 Å². The predicted octanol–water partition coefficient (Wildman–Crippen LogP) is 6.01. The number of nitrogens with one attached hydrogen (secondary N) is 1. The van der Waals surface area contributed by atoms with Crippen LogP contribution < -0.4 is 15.1 Å². The summed E-state index contributed by atoms with van der Waals surface area (Å²) in [7, 11) is 0. The molecule has 2 amide bonds. The highest BCUT2D eigenvalue weighted by molar-refractivity contribution is 6.33. The largest absolute Gasteiger partial charge is 0.478 e. The van der Waals surface area contributed by atoms with Crippen LogP contribution >= 0.6 is 11.6 Å². The van der Waals surface area contributed by atoms with Gasteiger partial charge >= 0.3 is 12.2 Å². The van der Waals surface area contributed by atoms with E-state index in [1.54, 1.807) is 13.0 Å². The van der Waals surface area contributed by atoms with Gasteiger partial charge in [-0.25, -0.2) is 9.78 Å². The highest BCUT2D eigenvalue weighted by atomic mass is 35.5. The number of amides is 2. The first-order valence-electron chi connectivity index (χ1n) is 13.7. The van der Waals surface area contributed by atoms with Crippen LogP contribution in [-0.2, 0) is 20.4 Å². The van der Waals surface area contributed by atoms with Crippen LogP contribution in [0.5, 0.6) is 0 Å². The van der Waals surface area contributed by atoms with Crippen molar-refractivity contribution in [1.82, 2.24) is 10.3 Å². The number of carbonyl (C=O) groups is 1. The Bertz CT molecular complexity index is 1460. The Morgan fingerprint density at radius 1 is 1.35 bits per heavy atom. The molecule has 4 heterocycles. The monoisotopic (exact) mass is 620 g/mol. The van der Waals surface area contributed by atoms with Crippen molar-refractivity contribution in [2.45, 2.75) is 57.7 Å². The minimum absolute atomic E-state index is 0.0771. The lowest BCUT2D eigenvalue weighted by Crippen LogP contribution is -2.57. The number of alkyl halides is 3. The van der Waals surface area contributed by atoms with Crippen LogP contribution in [0.4, 0.5) is 29.5 Å². The fourth-order valence-corrected chi connectivity index (χ4v) is 5.60. The summed E-state index contributed by atoms with van der Waals surface area (Å²) in [4.78, 5) is 30.2. The second kappa shape index (κ2) is 12.1. The summed E-state index contributed by atoms with van der Waals surface area (Å²) in [6, 6.07) is 5.64. The van der Waals surface area contributed by atoms with Crippen molar-refractivity contribution in [3.8, 4) is 11.3 Å². The second-order valence-corrected chi connectivity index (χ2v) is 11.3. The van der Waals surface area contributed by atoms with E-state index in [9.17, 15) is 18.0 Å². The van der Waals surface area contributed by atoms with Gasteiger partial charge in [-0.15, -0.1) is 0 Å². The number of piperidine rings is 1. The predicted molar refractivity (Wildman–Crippen MR) is 158 cm³/mol. The number of rotatable bonds is 6. The highest BCUT2D eigenvalue weighted by Gasteiger charge is 2.39. The molecular weight excluding hydrogens is 589 g/mol. The van der Waals surface area contributed by atoms with Gasteiger partial charge < -0.3 is 19.1 Å². The first kappa shape index (κ1) is 30.8. The lowest BCUT2D eigenvalue weighted by atomic mass is 9.99. The average molecular weight is 621 g/mol. The molecule has 2 fully saturated rings. The van der Waals surface area contributed by atoms with Crippen molar-refractivity contribution in [3.05, 3.63) is 52.9 Å². The molecule has 2 saturated heterocycles. The maximum atomic E-state index is 13.8. The molecule has 230 valence electrons. The molecule has 14 heteroatoms. The number of aromatic nitrogens is 1. The smallest absolute Gasteiger partial charge is 0.416 e. The van der Waals surface area contributed by atoms with E-state index in [0.29, 0.717) is 25.3 Å². The zero-order valence-corrected chi connectivity index (χ0v) is 24.7. The third kappa shape index (κ3) is 6.94. The molecule has 1 aromatic heterocycles. The number of anilines is 2. The fraction of sp³-hybridized carbons (Fsp3) is 0.448. The van der Waals surface area contributed by atoms with E-state index in [0.717, 1.165) is 25.1 Å². The molecule has 10 nitrogen and oxygen atoms in total. The van der Waals surface area contributed by atoms with Crippen molar-refractivity contribution >= 4 is 41.8 Å². The van der Waals surface area contributed by atoms with Gasteiger partial charge in [-0.2, -0.15) is 18.2 Å². The van der Waals surface area contributed by atoms with Gasteiger partial charge in [0.1, 0.15) is 12.7 Å². The number of halogens is 4. The van der Waals surface area contributed by atoms with Crippen molar-refractivity contribution in [2.24, 2.45) is 9.98 Å². The molecule has 5 rings (SSSR count). The molecule has 0 radical (unpaired) electrons. The molecule has 0 spiro atoms. The summed E-state index contributed by atoms with van der Waals surface area (Å²) in [5.41, 5.74) is 0.109. The normalized spacial score (nSPS) is 21.8. The van der Waals surface area contributed by atoms with Crippen molar-refractivity contribution < 1.29 is 32.2 Å². The van der Waals surface area contributed by atoms with Crippen LogP contribution in [0, 0.1) is 0 Å². The Balaban J connectivity index is 1.42. The van der Waals surface area contributed by atoms with Gasteiger partial charge in [0, 0.05) is 25.6 Å². The van der Waals surface area contributed by atoms with E-state index in [1.165, 1.54) is 23.2 Å². The number of fused-ring (bicyclic) bond motifs is 4. The zero-order valence-electron chi connectivity index (χ0n) is 23.9. The molecule has 3 aliphatic heterocycles. The third-order valence-corrected chi connectivity index (χ3v) is 7.51. The summed E-state index contributed by atoms with van der Waals surface area (Å²) in [5, 5.41) is 2.93. The quantitative estimate of drug-likeness (QED) is 0.314.